The fourth-order valence-corrected chi connectivity index (χ4v) is 5.52. The second kappa shape index (κ2) is 6.01. The zero-order chi connectivity index (χ0) is 12.9. The maximum atomic E-state index is 11.5. The van der Waals surface area contributed by atoms with Gasteiger partial charge >= 0.3 is 5.97 Å². The van der Waals surface area contributed by atoms with Crippen LogP contribution in [0.25, 0.3) is 0 Å². The van der Waals surface area contributed by atoms with Gasteiger partial charge in [-0.2, -0.15) is 0 Å². The van der Waals surface area contributed by atoms with E-state index in [4.69, 9.17) is 4.74 Å². The summed E-state index contributed by atoms with van der Waals surface area (Å²) in [6.45, 7) is 6.82. The quantitative estimate of drug-likeness (QED) is 0.593. The smallest absolute Gasteiger partial charge is 0.305 e. The average Bonchev–Trinajstić information content (AvgIpc) is 2.36. The lowest BCUT2D eigenvalue weighted by Crippen LogP contribution is -2.46. The summed E-state index contributed by atoms with van der Waals surface area (Å²) in [6, 6.07) is 10.6. The van der Waals surface area contributed by atoms with Gasteiger partial charge in [-0.05, 0) is 5.54 Å². The monoisotopic (exact) mass is 250 g/mol. The Morgan fingerprint density at radius 3 is 2.35 bits per heavy atom. The van der Waals surface area contributed by atoms with Crippen molar-refractivity contribution in [2.75, 3.05) is 7.11 Å². The molecule has 94 valence electrons. The molecule has 0 aliphatic carbocycles. The summed E-state index contributed by atoms with van der Waals surface area (Å²) in [5.41, 5.74) is 0.442. The SMILES string of the molecule is CC[C@@H](CC(=O)OC)[Si](C)(C)c1ccccc1. The molecule has 2 nitrogen and oxygen atoms in total. The minimum absolute atomic E-state index is 0.0895. The van der Waals surface area contributed by atoms with Crippen LogP contribution in [0.1, 0.15) is 19.8 Å². The van der Waals surface area contributed by atoms with Gasteiger partial charge in [-0.15, -0.1) is 0 Å². The highest BCUT2D eigenvalue weighted by Gasteiger charge is 2.33. The molecule has 0 N–H and O–H groups in total. The molecule has 0 saturated heterocycles. The van der Waals surface area contributed by atoms with Gasteiger partial charge < -0.3 is 4.74 Å². The fraction of sp³-hybridized carbons (Fsp3) is 0.500. The van der Waals surface area contributed by atoms with Crippen LogP contribution in [0.5, 0.6) is 0 Å². The zero-order valence-electron chi connectivity index (χ0n) is 11.2. The van der Waals surface area contributed by atoms with E-state index in [9.17, 15) is 4.79 Å². The van der Waals surface area contributed by atoms with Crippen molar-refractivity contribution in [1.82, 2.24) is 0 Å². The van der Waals surface area contributed by atoms with Crippen LogP contribution in [-0.4, -0.2) is 21.2 Å². The van der Waals surface area contributed by atoms with E-state index in [2.05, 4.69) is 44.3 Å². The Bertz CT molecular complexity index is 360. The van der Waals surface area contributed by atoms with E-state index in [0.29, 0.717) is 12.0 Å². The Balaban J connectivity index is 2.90. The molecule has 0 saturated carbocycles. The number of hydrogen-bond donors (Lipinski definition) is 0. The third-order valence-corrected chi connectivity index (χ3v) is 8.15. The topological polar surface area (TPSA) is 26.3 Å². The zero-order valence-corrected chi connectivity index (χ0v) is 12.2. The van der Waals surface area contributed by atoms with E-state index in [1.54, 1.807) is 0 Å². The van der Waals surface area contributed by atoms with Gasteiger partial charge in [-0.3, -0.25) is 4.79 Å². The van der Waals surface area contributed by atoms with E-state index in [0.717, 1.165) is 6.42 Å². The summed E-state index contributed by atoms with van der Waals surface area (Å²) in [7, 11) is -0.124. The summed E-state index contributed by atoms with van der Waals surface area (Å²) in [4.78, 5) is 11.5. The number of benzene rings is 1. The molecule has 3 heteroatoms. The van der Waals surface area contributed by atoms with Gasteiger partial charge in [0, 0.05) is 6.42 Å². The molecular formula is C14H22O2Si. The number of ether oxygens (including phenoxy) is 1. The predicted molar refractivity (Wildman–Crippen MR) is 74.2 cm³/mol. The molecule has 1 rings (SSSR count). The molecule has 0 aliphatic rings. The maximum Gasteiger partial charge on any atom is 0.305 e. The summed E-state index contributed by atoms with van der Waals surface area (Å²) >= 11 is 0. The third kappa shape index (κ3) is 3.43. The minimum atomic E-state index is -1.59. The first-order chi connectivity index (χ1) is 8.02. The molecule has 17 heavy (non-hydrogen) atoms. The van der Waals surface area contributed by atoms with E-state index >= 15 is 0 Å². The molecule has 1 atom stereocenters. The van der Waals surface area contributed by atoms with E-state index in [-0.39, 0.29) is 5.97 Å². The Morgan fingerprint density at radius 2 is 1.88 bits per heavy atom. The molecule has 0 heterocycles. The number of carbonyl (C=O) groups is 1. The molecule has 0 aromatic heterocycles. The first-order valence-electron chi connectivity index (χ1n) is 6.14. The van der Waals surface area contributed by atoms with Gasteiger partial charge in [0.15, 0.2) is 0 Å². The van der Waals surface area contributed by atoms with Crippen molar-refractivity contribution in [3.05, 3.63) is 30.3 Å². The van der Waals surface area contributed by atoms with Crippen molar-refractivity contribution in [2.24, 2.45) is 0 Å². The van der Waals surface area contributed by atoms with Crippen LogP contribution in [0.15, 0.2) is 30.3 Å². The van der Waals surface area contributed by atoms with Gasteiger partial charge in [-0.25, -0.2) is 0 Å². The van der Waals surface area contributed by atoms with Crippen LogP contribution in [0, 0.1) is 0 Å². The number of carbonyl (C=O) groups excluding carboxylic acids is 1. The second-order valence-electron chi connectivity index (χ2n) is 4.97. The van der Waals surface area contributed by atoms with Crippen LogP contribution in [0.3, 0.4) is 0 Å². The summed E-state index contributed by atoms with van der Waals surface area (Å²) in [6.07, 6.45) is 1.57. The number of esters is 1. The summed E-state index contributed by atoms with van der Waals surface area (Å²) in [5.74, 6) is -0.0895. The minimum Gasteiger partial charge on any atom is -0.469 e. The van der Waals surface area contributed by atoms with Crippen LogP contribution >= 0.6 is 0 Å². The van der Waals surface area contributed by atoms with Gasteiger partial charge in [0.2, 0.25) is 0 Å². The first kappa shape index (κ1) is 14.0. The van der Waals surface area contributed by atoms with Crippen molar-refractivity contribution >= 4 is 19.2 Å². The Kier molecular flexibility index (Phi) is 4.94. The molecule has 0 amide bonds. The van der Waals surface area contributed by atoms with Gasteiger partial charge in [0.05, 0.1) is 15.2 Å². The number of hydrogen-bond acceptors (Lipinski definition) is 2. The first-order valence-corrected chi connectivity index (χ1v) is 9.22. The molecule has 0 unspecified atom stereocenters. The molecule has 1 aromatic carbocycles. The van der Waals surface area contributed by atoms with Crippen LogP contribution in [0.2, 0.25) is 18.6 Å². The van der Waals surface area contributed by atoms with Gasteiger partial charge in [-0.1, -0.05) is 62.0 Å². The largest absolute Gasteiger partial charge is 0.469 e. The Morgan fingerprint density at radius 1 is 1.29 bits per heavy atom. The van der Waals surface area contributed by atoms with Crippen molar-refractivity contribution < 1.29 is 9.53 Å². The molecule has 0 fully saturated rings. The van der Waals surface area contributed by atoms with Crippen molar-refractivity contribution in [3.63, 3.8) is 0 Å². The van der Waals surface area contributed by atoms with Gasteiger partial charge in [0.1, 0.15) is 0 Å². The van der Waals surface area contributed by atoms with Crippen molar-refractivity contribution in [2.45, 2.75) is 38.4 Å². The normalized spacial score (nSPS) is 13.2. The molecule has 0 spiro atoms. The van der Waals surface area contributed by atoms with Gasteiger partial charge in [0.25, 0.3) is 0 Å². The summed E-state index contributed by atoms with van der Waals surface area (Å²) < 4.78 is 4.80. The lowest BCUT2D eigenvalue weighted by Gasteiger charge is -2.31. The lowest BCUT2D eigenvalue weighted by molar-refractivity contribution is -0.140. The molecule has 0 bridgehead atoms. The molecule has 0 radical (unpaired) electrons. The standard InChI is InChI=1S/C14H22O2Si/c1-5-12(11-14(15)16-2)17(3,4)13-9-7-6-8-10-13/h6-10,12H,5,11H2,1-4H3/t12-/m0/s1. The second-order valence-corrected chi connectivity index (χ2v) is 9.81. The molecule has 1 aromatic rings. The van der Waals surface area contributed by atoms with E-state index in [1.165, 1.54) is 12.3 Å². The van der Waals surface area contributed by atoms with Crippen molar-refractivity contribution in [3.8, 4) is 0 Å². The average molecular weight is 250 g/mol. The highest BCUT2D eigenvalue weighted by Crippen LogP contribution is 2.29. The predicted octanol–water partition coefficient (Wildman–Crippen LogP) is 2.95. The van der Waals surface area contributed by atoms with Crippen LogP contribution in [0.4, 0.5) is 0 Å². The molecule has 0 aliphatic heterocycles. The Labute approximate surface area is 105 Å². The van der Waals surface area contributed by atoms with Crippen LogP contribution < -0.4 is 5.19 Å². The fourth-order valence-electron chi connectivity index (χ4n) is 2.30. The highest BCUT2D eigenvalue weighted by molar-refractivity contribution is 6.91. The summed E-state index contributed by atoms with van der Waals surface area (Å²) in [5, 5.41) is 1.41. The van der Waals surface area contributed by atoms with E-state index < -0.39 is 8.07 Å². The highest BCUT2D eigenvalue weighted by atomic mass is 28.3. The number of rotatable bonds is 5. The molecular weight excluding hydrogens is 228 g/mol. The van der Waals surface area contributed by atoms with E-state index in [1.807, 2.05) is 6.07 Å². The van der Waals surface area contributed by atoms with Crippen LogP contribution in [-0.2, 0) is 9.53 Å². The third-order valence-electron chi connectivity index (χ3n) is 3.67. The Hall–Kier alpha value is -1.09. The maximum absolute atomic E-state index is 11.5. The lowest BCUT2D eigenvalue weighted by atomic mass is 10.2. The van der Waals surface area contributed by atoms with Crippen molar-refractivity contribution in [1.29, 1.82) is 0 Å². The number of methoxy groups -OCH3 is 1.